The fourth-order valence-corrected chi connectivity index (χ4v) is 2.16. The molecule has 6 heteroatoms. The van der Waals surface area contributed by atoms with E-state index in [0.717, 1.165) is 18.8 Å². The van der Waals surface area contributed by atoms with Gasteiger partial charge in [0.05, 0.1) is 0 Å². The van der Waals surface area contributed by atoms with Gasteiger partial charge in [-0.25, -0.2) is 0 Å². The Balaban J connectivity index is 2.05. The minimum Gasteiger partial charge on any atom is -0.423 e. The smallest absolute Gasteiger partial charge is 0.423 e. The molecule has 1 saturated heterocycles. The van der Waals surface area contributed by atoms with Crippen molar-refractivity contribution < 1.29 is 14.8 Å². The van der Waals surface area contributed by atoms with Gasteiger partial charge >= 0.3 is 7.12 Å². The van der Waals surface area contributed by atoms with Crippen LogP contribution in [0.5, 0.6) is 0 Å². The van der Waals surface area contributed by atoms with Gasteiger partial charge in [-0.1, -0.05) is 12.1 Å². The molecule has 1 aliphatic heterocycles. The summed E-state index contributed by atoms with van der Waals surface area (Å²) >= 11 is 0. The van der Waals surface area contributed by atoms with Gasteiger partial charge in [0.2, 0.25) is 5.91 Å². The Bertz CT molecular complexity index is 431. The topological polar surface area (TPSA) is 64.0 Å². The van der Waals surface area contributed by atoms with Crippen LogP contribution in [0.2, 0.25) is 0 Å². The van der Waals surface area contributed by atoms with Crippen molar-refractivity contribution in [2.75, 3.05) is 31.1 Å². The number of hydrogen-bond acceptors (Lipinski definition) is 4. The van der Waals surface area contributed by atoms with E-state index >= 15 is 0 Å². The third-order valence-corrected chi connectivity index (χ3v) is 3.26. The first-order chi connectivity index (χ1) is 8.58. The zero-order valence-corrected chi connectivity index (χ0v) is 10.4. The average molecular weight is 248 g/mol. The Morgan fingerprint density at radius 1 is 1.22 bits per heavy atom. The molecule has 0 spiro atoms. The lowest BCUT2D eigenvalue weighted by molar-refractivity contribution is -0.129. The fourth-order valence-electron chi connectivity index (χ4n) is 2.16. The summed E-state index contributed by atoms with van der Waals surface area (Å²) in [5.41, 5.74) is 1.45. The van der Waals surface area contributed by atoms with E-state index in [1.54, 1.807) is 25.1 Å². The monoisotopic (exact) mass is 248 g/mol. The van der Waals surface area contributed by atoms with E-state index in [-0.39, 0.29) is 5.91 Å². The number of benzene rings is 1. The molecule has 0 unspecified atom stereocenters. The number of carbonyl (C=O) groups excluding carboxylic acids is 1. The normalized spacial score (nSPS) is 15.7. The van der Waals surface area contributed by atoms with Crippen LogP contribution in [0.1, 0.15) is 6.92 Å². The summed E-state index contributed by atoms with van der Waals surface area (Å²) in [6, 6.07) is 7.20. The second-order valence-electron chi connectivity index (χ2n) is 4.46. The molecule has 96 valence electrons. The molecule has 0 aliphatic carbocycles. The molecular formula is C12H17BN2O3. The highest BCUT2D eigenvalue weighted by atomic mass is 16.4. The number of anilines is 1. The van der Waals surface area contributed by atoms with Crippen molar-refractivity contribution in [2.45, 2.75) is 6.92 Å². The van der Waals surface area contributed by atoms with Gasteiger partial charge in [-0.3, -0.25) is 4.79 Å². The van der Waals surface area contributed by atoms with Crippen LogP contribution in [0, 0.1) is 0 Å². The van der Waals surface area contributed by atoms with Crippen molar-refractivity contribution in [1.29, 1.82) is 0 Å². The quantitative estimate of drug-likeness (QED) is 0.661. The van der Waals surface area contributed by atoms with Gasteiger partial charge in [0.25, 0.3) is 0 Å². The lowest BCUT2D eigenvalue weighted by Crippen LogP contribution is -2.48. The van der Waals surface area contributed by atoms with Crippen LogP contribution in [0.3, 0.4) is 0 Å². The van der Waals surface area contributed by atoms with E-state index in [2.05, 4.69) is 4.90 Å². The molecule has 1 aliphatic rings. The third-order valence-electron chi connectivity index (χ3n) is 3.26. The second kappa shape index (κ2) is 5.41. The highest BCUT2D eigenvalue weighted by Crippen LogP contribution is 2.14. The van der Waals surface area contributed by atoms with Gasteiger partial charge in [-0.2, -0.15) is 0 Å². The van der Waals surface area contributed by atoms with Crippen LogP contribution < -0.4 is 10.4 Å². The summed E-state index contributed by atoms with van der Waals surface area (Å²) in [5.74, 6) is 0.106. The van der Waals surface area contributed by atoms with Crippen LogP contribution in [0.15, 0.2) is 24.3 Å². The largest absolute Gasteiger partial charge is 0.488 e. The number of rotatable bonds is 2. The molecule has 2 rings (SSSR count). The second-order valence-corrected chi connectivity index (χ2v) is 4.46. The van der Waals surface area contributed by atoms with E-state index in [0.29, 0.717) is 18.6 Å². The van der Waals surface area contributed by atoms with Gasteiger partial charge in [-0.15, -0.1) is 0 Å². The van der Waals surface area contributed by atoms with E-state index in [1.807, 2.05) is 11.0 Å². The Morgan fingerprint density at radius 2 is 1.89 bits per heavy atom. The molecule has 0 radical (unpaired) electrons. The zero-order valence-electron chi connectivity index (χ0n) is 10.4. The molecule has 0 atom stereocenters. The molecule has 1 heterocycles. The number of piperazine rings is 1. The van der Waals surface area contributed by atoms with Crippen LogP contribution in [-0.2, 0) is 4.79 Å². The van der Waals surface area contributed by atoms with Crippen molar-refractivity contribution in [3.8, 4) is 0 Å². The van der Waals surface area contributed by atoms with Crippen LogP contribution >= 0.6 is 0 Å². The SMILES string of the molecule is CC(=O)N1CCN(c2cccc(B(O)O)c2)CC1. The van der Waals surface area contributed by atoms with Crippen LogP contribution in [0.4, 0.5) is 5.69 Å². The highest BCUT2D eigenvalue weighted by molar-refractivity contribution is 6.58. The molecule has 5 nitrogen and oxygen atoms in total. The number of nitrogens with zero attached hydrogens (tertiary/aromatic N) is 2. The van der Waals surface area contributed by atoms with Crippen molar-refractivity contribution in [3.05, 3.63) is 24.3 Å². The van der Waals surface area contributed by atoms with Crippen molar-refractivity contribution in [3.63, 3.8) is 0 Å². The van der Waals surface area contributed by atoms with Crippen LogP contribution in [-0.4, -0.2) is 54.2 Å². The van der Waals surface area contributed by atoms with E-state index in [1.165, 1.54) is 0 Å². The molecule has 0 aromatic heterocycles. The van der Waals surface area contributed by atoms with E-state index < -0.39 is 7.12 Å². The standard InChI is InChI=1S/C12H17BN2O3/c1-10(16)14-5-7-15(8-6-14)12-4-2-3-11(9-12)13(17)18/h2-4,9,17-18H,5-8H2,1H3. The number of carbonyl (C=O) groups is 1. The summed E-state index contributed by atoms with van der Waals surface area (Å²) < 4.78 is 0. The summed E-state index contributed by atoms with van der Waals surface area (Å²) in [5, 5.41) is 18.3. The van der Waals surface area contributed by atoms with E-state index in [4.69, 9.17) is 10.0 Å². The molecule has 1 aromatic carbocycles. The average Bonchev–Trinajstić information content (AvgIpc) is 2.39. The first-order valence-electron chi connectivity index (χ1n) is 6.04. The maximum absolute atomic E-state index is 11.2. The summed E-state index contributed by atoms with van der Waals surface area (Å²) in [7, 11) is -1.44. The predicted molar refractivity (Wildman–Crippen MR) is 70.7 cm³/mol. The van der Waals surface area contributed by atoms with Crippen molar-refractivity contribution >= 4 is 24.2 Å². The first-order valence-corrected chi connectivity index (χ1v) is 6.04. The maximum Gasteiger partial charge on any atom is 0.488 e. The van der Waals surface area contributed by atoms with Crippen molar-refractivity contribution in [1.82, 2.24) is 4.90 Å². The minimum absolute atomic E-state index is 0.106. The Labute approximate surface area is 107 Å². The van der Waals surface area contributed by atoms with Gasteiger partial charge < -0.3 is 19.8 Å². The lowest BCUT2D eigenvalue weighted by atomic mass is 9.80. The van der Waals surface area contributed by atoms with Crippen LogP contribution in [0.25, 0.3) is 0 Å². The van der Waals surface area contributed by atoms with Gasteiger partial charge in [0.1, 0.15) is 0 Å². The molecular weight excluding hydrogens is 231 g/mol. The Hall–Kier alpha value is -1.53. The van der Waals surface area contributed by atoms with Gasteiger partial charge in [0, 0.05) is 38.8 Å². The lowest BCUT2D eigenvalue weighted by Gasteiger charge is -2.35. The summed E-state index contributed by atoms with van der Waals surface area (Å²) in [6.45, 7) is 4.54. The molecule has 0 bridgehead atoms. The fraction of sp³-hybridized carbons (Fsp3) is 0.417. The van der Waals surface area contributed by atoms with E-state index in [9.17, 15) is 4.79 Å². The maximum atomic E-state index is 11.2. The highest BCUT2D eigenvalue weighted by Gasteiger charge is 2.20. The van der Waals surface area contributed by atoms with Crippen molar-refractivity contribution in [2.24, 2.45) is 0 Å². The summed E-state index contributed by atoms with van der Waals surface area (Å²) in [6.07, 6.45) is 0. The summed E-state index contributed by atoms with van der Waals surface area (Å²) in [4.78, 5) is 15.2. The van der Waals surface area contributed by atoms with Gasteiger partial charge in [0.15, 0.2) is 0 Å². The molecule has 1 fully saturated rings. The Kier molecular flexibility index (Phi) is 3.89. The molecule has 2 N–H and O–H groups in total. The predicted octanol–water partition coefficient (Wildman–Crippen LogP) is -0.965. The van der Waals surface area contributed by atoms with Gasteiger partial charge in [-0.05, 0) is 17.6 Å². The number of hydrogen-bond donors (Lipinski definition) is 2. The third kappa shape index (κ3) is 2.83. The first kappa shape index (κ1) is 12.9. The molecule has 0 saturated carbocycles. The number of amides is 1. The molecule has 18 heavy (non-hydrogen) atoms. The zero-order chi connectivity index (χ0) is 13.1. The molecule has 1 amide bonds. The molecule has 1 aromatic rings. The minimum atomic E-state index is -1.44. The Morgan fingerprint density at radius 3 is 2.44 bits per heavy atom.